The van der Waals surface area contributed by atoms with Crippen molar-refractivity contribution < 1.29 is 9.59 Å². The Bertz CT molecular complexity index is 421. The van der Waals surface area contributed by atoms with Crippen LogP contribution in [-0.4, -0.2) is 21.8 Å². The highest BCUT2D eigenvalue weighted by Gasteiger charge is 2.36. The summed E-state index contributed by atoms with van der Waals surface area (Å²) in [6.45, 7) is 0. The summed E-state index contributed by atoms with van der Waals surface area (Å²) in [6, 6.07) is 6.53. The largest absolute Gasteiger partial charge is 0.375 e. The van der Waals surface area contributed by atoms with E-state index in [2.05, 4.69) is 12.2 Å². The first-order chi connectivity index (χ1) is 6.63. The molecule has 2 amide bonds. The van der Waals surface area contributed by atoms with E-state index in [1.54, 1.807) is 24.3 Å². The van der Waals surface area contributed by atoms with Gasteiger partial charge in [0.1, 0.15) is 0 Å². The zero-order chi connectivity index (χ0) is 10.3. The normalized spacial score (nSPS) is 14.4. The first-order valence-corrected chi connectivity index (χ1v) is 4.31. The van der Waals surface area contributed by atoms with E-state index in [-0.39, 0.29) is 5.11 Å². The number of thiocarbonyl (C=S) groups is 1. The van der Waals surface area contributed by atoms with E-state index in [9.17, 15) is 9.59 Å². The molecule has 0 radical (unpaired) electrons. The highest BCUT2D eigenvalue weighted by Crippen LogP contribution is 2.21. The zero-order valence-corrected chi connectivity index (χ0v) is 7.88. The molecule has 0 saturated heterocycles. The Morgan fingerprint density at radius 2 is 1.57 bits per heavy atom. The van der Waals surface area contributed by atoms with Crippen LogP contribution in [0.2, 0.25) is 0 Å². The number of fused-ring (bicyclic) bond motifs is 1. The van der Waals surface area contributed by atoms with Gasteiger partial charge in [-0.2, -0.15) is 0 Å². The maximum absolute atomic E-state index is 11.6. The third-order valence-electron chi connectivity index (χ3n) is 2.01. The van der Waals surface area contributed by atoms with Gasteiger partial charge >= 0.3 is 0 Å². The Morgan fingerprint density at radius 1 is 1.14 bits per heavy atom. The summed E-state index contributed by atoms with van der Waals surface area (Å²) in [5.74, 6) is -0.892. The van der Waals surface area contributed by atoms with E-state index in [0.717, 1.165) is 4.90 Å². The monoisotopic (exact) mass is 206 g/mol. The lowest BCUT2D eigenvalue weighted by Gasteiger charge is -2.09. The predicted octanol–water partition coefficient (Wildman–Crippen LogP) is 0.526. The second kappa shape index (κ2) is 2.88. The minimum Gasteiger partial charge on any atom is -0.375 e. The van der Waals surface area contributed by atoms with E-state index >= 15 is 0 Å². The van der Waals surface area contributed by atoms with Crippen LogP contribution in [0.25, 0.3) is 0 Å². The highest BCUT2D eigenvalue weighted by molar-refractivity contribution is 7.80. The van der Waals surface area contributed by atoms with Crippen LogP contribution in [0.15, 0.2) is 24.3 Å². The van der Waals surface area contributed by atoms with Gasteiger partial charge in [-0.1, -0.05) is 12.1 Å². The Balaban J connectivity index is 2.59. The van der Waals surface area contributed by atoms with Crippen molar-refractivity contribution in [1.82, 2.24) is 4.90 Å². The van der Waals surface area contributed by atoms with E-state index in [4.69, 9.17) is 5.73 Å². The second-order valence-electron chi connectivity index (χ2n) is 2.83. The summed E-state index contributed by atoms with van der Waals surface area (Å²) < 4.78 is 0. The van der Waals surface area contributed by atoms with Crippen LogP contribution in [0.1, 0.15) is 20.7 Å². The van der Waals surface area contributed by atoms with Crippen LogP contribution in [0.5, 0.6) is 0 Å². The summed E-state index contributed by atoms with van der Waals surface area (Å²) in [5, 5.41) is -0.212. The lowest BCUT2D eigenvalue weighted by Crippen LogP contribution is -2.39. The molecule has 1 aliphatic rings. The number of imide groups is 1. The van der Waals surface area contributed by atoms with Crippen molar-refractivity contribution in [2.75, 3.05) is 0 Å². The van der Waals surface area contributed by atoms with Gasteiger partial charge in [-0.05, 0) is 24.4 Å². The first-order valence-electron chi connectivity index (χ1n) is 3.90. The van der Waals surface area contributed by atoms with Crippen molar-refractivity contribution in [3.8, 4) is 0 Å². The number of nitrogens with zero attached hydrogens (tertiary/aromatic N) is 1. The molecule has 1 aromatic rings. The van der Waals surface area contributed by atoms with E-state index in [0.29, 0.717) is 11.1 Å². The number of carbonyl (C=O) groups is 2. The van der Waals surface area contributed by atoms with Crippen LogP contribution in [0.4, 0.5) is 0 Å². The molecule has 1 heterocycles. The molecular weight excluding hydrogens is 200 g/mol. The molecule has 14 heavy (non-hydrogen) atoms. The number of hydrogen-bond acceptors (Lipinski definition) is 3. The molecule has 1 aliphatic heterocycles. The van der Waals surface area contributed by atoms with Crippen molar-refractivity contribution >= 4 is 29.1 Å². The van der Waals surface area contributed by atoms with Crippen LogP contribution in [0, 0.1) is 0 Å². The molecule has 0 spiro atoms. The van der Waals surface area contributed by atoms with Gasteiger partial charge in [0.25, 0.3) is 11.8 Å². The molecule has 0 aliphatic carbocycles. The molecule has 0 unspecified atom stereocenters. The maximum Gasteiger partial charge on any atom is 0.267 e. The molecule has 4 nitrogen and oxygen atoms in total. The minimum absolute atomic E-state index is 0.212. The zero-order valence-electron chi connectivity index (χ0n) is 7.06. The van der Waals surface area contributed by atoms with Gasteiger partial charge in [0.05, 0.1) is 11.1 Å². The number of amides is 2. The fourth-order valence-corrected chi connectivity index (χ4v) is 1.56. The van der Waals surface area contributed by atoms with Gasteiger partial charge in [-0.3, -0.25) is 9.59 Å². The SMILES string of the molecule is NC(=S)N1C(=O)c2ccccc2C1=O. The lowest BCUT2D eigenvalue weighted by atomic mass is 10.1. The Kier molecular flexibility index (Phi) is 1.82. The molecule has 70 valence electrons. The second-order valence-corrected chi connectivity index (χ2v) is 3.25. The summed E-state index contributed by atoms with van der Waals surface area (Å²) in [6.07, 6.45) is 0. The van der Waals surface area contributed by atoms with Gasteiger partial charge in [-0.15, -0.1) is 0 Å². The lowest BCUT2D eigenvalue weighted by molar-refractivity contribution is 0.0750. The molecule has 0 bridgehead atoms. The van der Waals surface area contributed by atoms with Crippen LogP contribution in [-0.2, 0) is 0 Å². The van der Waals surface area contributed by atoms with Crippen molar-refractivity contribution in [2.45, 2.75) is 0 Å². The maximum atomic E-state index is 11.6. The predicted molar refractivity (Wildman–Crippen MR) is 53.7 cm³/mol. The fraction of sp³-hybridized carbons (Fsp3) is 0. The average Bonchev–Trinajstić information content (AvgIpc) is 2.41. The van der Waals surface area contributed by atoms with Gasteiger partial charge in [0.15, 0.2) is 5.11 Å². The number of benzene rings is 1. The molecule has 0 saturated carbocycles. The van der Waals surface area contributed by atoms with E-state index in [1.807, 2.05) is 0 Å². The van der Waals surface area contributed by atoms with Gasteiger partial charge in [-0.25, -0.2) is 4.90 Å². The Hall–Kier alpha value is -1.75. The minimum atomic E-state index is -0.446. The molecule has 0 aromatic heterocycles. The van der Waals surface area contributed by atoms with E-state index in [1.165, 1.54) is 0 Å². The third kappa shape index (κ3) is 1.03. The Morgan fingerprint density at radius 3 is 1.93 bits per heavy atom. The van der Waals surface area contributed by atoms with E-state index < -0.39 is 11.8 Å². The summed E-state index contributed by atoms with van der Waals surface area (Å²) in [4.78, 5) is 24.0. The van der Waals surface area contributed by atoms with Crippen LogP contribution in [0.3, 0.4) is 0 Å². The molecule has 2 N–H and O–H groups in total. The molecule has 0 fully saturated rings. The molecular formula is C9H6N2O2S. The summed E-state index contributed by atoms with van der Waals surface area (Å²) in [5.41, 5.74) is 5.98. The Labute approximate surface area is 85.3 Å². The van der Waals surface area contributed by atoms with Crippen molar-refractivity contribution in [3.63, 3.8) is 0 Å². The number of carbonyl (C=O) groups excluding carboxylic acids is 2. The molecule has 0 atom stereocenters. The average molecular weight is 206 g/mol. The first kappa shape index (κ1) is 8.83. The number of hydrogen-bond donors (Lipinski definition) is 1. The summed E-state index contributed by atoms with van der Waals surface area (Å²) in [7, 11) is 0. The van der Waals surface area contributed by atoms with Gasteiger partial charge in [0.2, 0.25) is 0 Å². The molecule has 5 heteroatoms. The van der Waals surface area contributed by atoms with Gasteiger partial charge in [0, 0.05) is 0 Å². The highest BCUT2D eigenvalue weighted by atomic mass is 32.1. The fourth-order valence-electron chi connectivity index (χ4n) is 1.39. The van der Waals surface area contributed by atoms with Crippen LogP contribution < -0.4 is 5.73 Å². The van der Waals surface area contributed by atoms with Crippen LogP contribution >= 0.6 is 12.2 Å². The van der Waals surface area contributed by atoms with Crippen molar-refractivity contribution in [1.29, 1.82) is 0 Å². The molecule has 2 rings (SSSR count). The smallest absolute Gasteiger partial charge is 0.267 e. The third-order valence-corrected chi connectivity index (χ3v) is 2.20. The topological polar surface area (TPSA) is 63.4 Å². The van der Waals surface area contributed by atoms with Crippen molar-refractivity contribution in [2.24, 2.45) is 5.73 Å². The summed E-state index contributed by atoms with van der Waals surface area (Å²) >= 11 is 4.62. The standard InChI is InChI=1S/C9H6N2O2S/c10-9(14)11-7(12)5-3-1-2-4-6(5)8(11)13/h1-4H,(H2,10,14). The van der Waals surface area contributed by atoms with Gasteiger partial charge < -0.3 is 5.73 Å². The number of rotatable bonds is 0. The van der Waals surface area contributed by atoms with Crippen molar-refractivity contribution in [3.05, 3.63) is 35.4 Å². The number of nitrogens with two attached hydrogens (primary N) is 1. The molecule has 1 aromatic carbocycles. The quantitative estimate of drug-likeness (QED) is 0.496.